The SMILES string of the molecule is COc1cccc(/C=C/C2=NC(=O)C3C=CC=CC3=N2)c1OCc1ccc(Cl)cc1Cl. The zero-order chi connectivity index (χ0) is 21.8. The summed E-state index contributed by atoms with van der Waals surface area (Å²) in [7, 11) is 1.57. The normalized spacial score (nSPS) is 17.4. The molecule has 0 aromatic heterocycles. The lowest BCUT2D eigenvalue weighted by molar-refractivity contribution is -0.118. The molecule has 2 aromatic rings. The van der Waals surface area contributed by atoms with Crippen molar-refractivity contribution < 1.29 is 14.3 Å². The van der Waals surface area contributed by atoms with E-state index in [-0.39, 0.29) is 12.5 Å². The van der Waals surface area contributed by atoms with E-state index >= 15 is 0 Å². The molecule has 0 fully saturated rings. The molecule has 0 spiro atoms. The first-order chi connectivity index (χ1) is 15.0. The number of fused-ring (bicyclic) bond motifs is 1. The van der Waals surface area contributed by atoms with Crippen molar-refractivity contribution in [3.63, 3.8) is 0 Å². The highest BCUT2D eigenvalue weighted by Crippen LogP contribution is 2.33. The Balaban J connectivity index is 1.59. The minimum absolute atomic E-state index is 0.232. The highest BCUT2D eigenvalue weighted by Gasteiger charge is 2.25. The second-order valence-electron chi connectivity index (χ2n) is 6.80. The van der Waals surface area contributed by atoms with Gasteiger partial charge in [0.05, 0.1) is 12.8 Å². The van der Waals surface area contributed by atoms with Gasteiger partial charge in [-0.15, -0.1) is 0 Å². The first-order valence-corrected chi connectivity index (χ1v) is 10.3. The summed E-state index contributed by atoms with van der Waals surface area (Å²) in [6.45, 7) is 0.234. The molecule has 0 saturated heterocycles. The zero-order valence-electron chi connectivity index (χ0n) is 16.6. The molecule has 1 amide bonds. The predicted octanol–water partition coefficient (Wildman–Crippen LogP) is 5.72. The van der Waals surface area contributed by atoms with E-state index in [1.54, 1.807) is 37.5 Å². The third-order valence-electron chi connectivity index (χ3n) is 4.76. The van der Waals surface area contributed by atoms with E-state index in [0.717, 1.165) is 11.1 Å². The molecule has 5 nitrogen and oxygen atoms in total. The number of methoxy groups -OCH3 is 1. The van der Waals surface area contributed by atoms with Gasteiger partial charge in [-0.2, -0.15) is 4.99 Å². The zero-order valence-corrected chi connectivity index (χ0v) is 18.1. The van der Waals surface area contributed by atoms with Crippen molar-refractivity contribution in [2.75, 3.05) is 7.11 Å². The monoisotopic (exact) mass is 452 g/mol. The fourth-order valence-electron chi connectivity index (χ4n) is 3.19. The average Bonchev–Trinajstić information content (AvgIpc) is 2.77. The summed E-state index contributed by atoms with van der Waals surface area (Å²) >= 11 is 12.2. The summed E-state index contributed by atoms with van der Waals surface area (Å²) in [4.78, 5) is 20.8. The maximum Gasteiger partial charge on any atom is 0.260 e. The highest BCUT2D eigenvalue weighted by atomic mass is 35.5. The van der Waals surface area contributed by atoms with Crippen LogP contribution in [0.2, 0.25) is 10.0 Å². The van der Waals surface area contributed by atoms with Crippen molar-refractivity contribution in [3.05, 3.63) is 88.0 Å². The Morgan fingerprint density at radius 3 is 2.77 bits per heavy atom. The smallest absolute Gasteiger partial charge is 0.260 e. The van der Waals surface area contributed by atoms with Crippen LogP contribution < -0.4 is 9.47 Å². The summed E-state index contributed by atoms with van der Waals surface area (Å²) in [5.74, 6) is 0.819. The number of hydrogen-bond donors (Lipinski definition) is 0. The Morgan fingerprint density at radius 1 is 1.10 bits per heavy atom. The van der Waals surface area contributed by atoms with Crippen LogP contribution in [0.5, 0.6) is 11.5 Å². The molecule has 4 rings (SSSR count). The van der Waals surface area contributed by atoms with Crippen LogP contribution in [-0.2, 0) is 11.4 Å². The summed E-state index contributed by atoms with van der Waals surface area (Å²) < 4.78 is 11.5. The van der Waals surface area contributed by atoms with Crippen LogP contribution in [0.1, 0.15) is 11.1 Å². The van der Waals surface area contributed by atoms with E-state index in [4.69, 9.17) is 32.7 Å². The van der Waals surface area contributed by atoms with Crippen LogP contribution in [-0.4, -0.2) is 24.6 Å². The number of amides is 1. The number of rotatable bonds is 6. The Morgan fingerprint density at radius 2 is 1.97 bits per heavy atom. The molecule has 156 valence electrons. The Hall–Kier alpha value is -3.15. The Kier molecular flexibility index (Phi) is 6.35. The second kappa shape index (κ2) is 9.33. The molecule has 1 heterocycles. The minimum Gasteiger partial charge on any atom is -0.493 e. The standard InChI is InChI=1S/C24H18Cl2N2O3/c1-30-21-8-4-5-15(23(21)31-14-16-9-11-17(25)13-19(16)26)10-12-22-27-20-7-3-2-6-18(20)24(29)28-22/h2-13,18H,14H2,1H3/b12-10+. The summed E-state index contributed by atoms with van der Waals surface area (Å²) in [5.41, 5.74) is 2.23. The summed E-state index contributed by atoms with van der Waals surface area (Å²) in [6, 6.07) is 10.8. The Labute approximate surface area is 190 Å². The van der Waals surface area contributed by atoms with Gasteiger partial charge in [-0.3, -0.25) is 4.79 Å². The maximum atomic E-state index is 12.3. The fraction of sp³-hybridized carbons (Fsp3) is 0.125. The molecule has 0 saturated carbocycles. The number of para-hydroxylation sites is 1. The van der Waals surface area contributed by atoms with Gasteiger partial charge in [0, 0.05) is 21.2 Å². The topological polar surface area (TPSA) is 60.2 Å². The van der Waals surface area contributed by atoms with E-state index in [2.05, 4.69) is 9.98 Å². The number of amidine groups is 1. The van der Waals surface area contributed by atoms with Crippen LogP contribution in [0.15, 0.2) is 76.8 Å². The highest BCUT2D eigenvalue weighted by molar-refractivity contribution is 6.35. The molecule has 1 aliphatic carbocycles. The number of carbonyl (C=O) groups is 1. The molecular formula is C24H18Cl2N2O3. The van der Waals surface area contributed by atoms with Gasteiger partial charge in [0.25, 0.3) is 5.91 Å². The quantitative estimate of drug-likeness (QED) is 0.563. The molecule has 31 heavy (non-hydrogen) atoms. The number of hydrogen-bond acceptors (Lipinski definition) is 4. The molecular weight excluding hydrogens is 435 g/mol. The lowest BCUT2D eigenvalue weighted by Crippen LogP contribution is -2.26. The van der Waals surface area contributed by atoms with Crippen molar-refractivity contribution in [2.45, 2.75) is 6.61 Å². The first-order valence-electron chi connectivity index (χ1n) is 9.53. The number of carbonyl (C=O) groups excluding carboxylic acids is 1. The van der Waals surface area contributed by atoms with Gasteiger partial charge in [0.1, 0.15) is 12.5 Å². The molecule has 1 atom stereocenters. The van der Waals surface area contributed by atoms with E-state index in [1.807, 2.05) is 42.5 Å². The van der Waals surface area contributed by atoms with Crippen molar-refractivity contribution in [1.82, 2.24) is 0 Å². The molecule has 2 aliphatic rings. The van der Waals surface area contributed by atoms with Crippen molar-refractivity contribution in [1.29, 1.82) is 0 Å². The maximum absolute atomic E-state index is 12.3. The number of ether oxygens (including phenoxy) is 2. The predicted molar refractivity (Wildman–Crippen MR) is 124 cm³/mol. The first kappa shape index (κ1) is 21.1. The fourth-order valence-corrected chi connectivity index (χ4v) is 3.66. The van der Waals surface area contributed by atoms with Crippen LogP contribution in [0.4, 0.5) is 0 Å². The lowest BCUT2D eigenvalue weighted by atomic mass is 9.96. The molecule has 2 aromatic carbocycles. The van der Waals surface area contributed by atoms with Crippen LogP contribution in [0, 0.1) is 5.92 Å². The van der Waals surface area contributed by atoms with Gasteiger partial charge >= 0.3 is 0 Å². The Bertz CT molecular complexity index is 1180. The number of halogens is 2. The van der Waals surface area contributed by atoms with Crippen LogP contribution in [0.3, 0.4) is 0 Å². The van der Waals surface area contributed by atoms with Gasteiger partial charge in [-0.1, -0.05) is 59.6 Å². The van der Waals surface area contributed by atoms with E-state index in [9.17, 15) is 4.79 Å². The molecule has 1 aliphatic heterocycles. The third-order valence-corrected chi connectivity index (χ3v) is 5.35. The molecule has 0 N–H and O–H groups in total. The van der Waals surface area contributed by atoms with E-state index < -0.39 is 5.92 Å². The second-order valence-corrected chi connectivity index (χ2v) is 7.65. The van der Waals surface area contributed by atoms with Gasteiger partial charge in [-0.05, 0) is 36.4 Å². The number of aliphatic imine (C=N–C) groups is 2. The number of benzene rings is 2. The van der Waals surface area contributed by atoms with Gasteiger partial charge in [0.2, 0.25) is 0 Å². The van der Waals surface area contributed by atoms with Crippen molar-refractivity contribution in [3.8, 4) is 11.5 Å². The third kappa shape index (κ3) is 4.79. The minimum atomic E-state index is -0.401. The van der Waals surface area contributed by atoms with Gasteiger partial charge in [0.15, 0.2) is 17.3 Å². The van der Waals surface area contributed by atoms with Crippen LogP contribution >= 0.6 is 23.2 Å². The van der Waals surface area contributed by atoms with E-state index in [1.165, 1.54) is 0 Å². The molecule has 7 heteroatoms. The molecule has 0 bridgehead atoms. The molecule has 1 unspecified atom stereocenters. The van der Waals surface area contributed by atoms with Gasteiger partial charge in [-0.25, -0.2) is 4.99 Å². The number of allylic oxidation sites excluding steroid dienone is 3. The largest absolute Gasteiger partial charge is 0.493 e. The molecule has 0 radical (unpaired) electrons. The summed E-state index contributed by atoms with van der Waals surface area (Å²) in [5, 5.41) is 1.08. The van der Waals surface area contributed by atoms with E-state index in [0.29, 0.717) is 33.1 Å². The number of nitrogens with zero attached hydrogens (tertiary/aromatic N) is 2. The average molecular weight is 453 g/mol. The van der Waals surface area contributed by atoms with Gasteiger partial charge < -0.3 is 9.47 Å². The van der Waals surface area contributed by atoms with Crippen molar-refractivity contribution >= 4 is 46.7 Å². The summed E-state index contributed by atoms with van der Waals surface area (Å²) in [6.07, 6.45) is 10.8. The van der Waals surface area contributed by atoms with Crippen LogP contribution in [0.25, 0.3) is 6.08 Å². The lowest BCUT2D eigenvalue weighted by Gasteiger charge is -2.16. The van der Waals surface area contributed by atoms with Crippen molar-refractivity contribution in [2.24, 2.45) is 15.9 Å².